The number of anilines is 2. The van der Waals surface area contributed by atoms with Crippen LogP contribution in [0.3, 0.4) is 0 Å². The summed E-state index contributed by atoms with van der Waals surface area (Å²) in [6, 6.07) is 13.9. The zero-order valence-corrected chi connectivity index (χ0v) is 13.6. The molecule has 2 aromatic rings. The minimum absolute atomic E-state index is 0.0708. The largest absolute Gasteiger partial charge is 0.326 e. The van der Waals surface area contributed by atoms with Crippen molar-refractivity contribution in [2.24, 2.45) is 5.92 Å². The van der Waals surface area contributed by atoms with Crippen molar-refractivity contribution < 1.29 is 9.59 Å². The van der Waals surface area contributed by atoms with Crippen molar-refractivity contribution in [1.82, 2.24) is 0 Å². The zero-order chi connectivity index (χ0) is 16.4. The second-order valence-corrected chi connectivity index (χ2v) is 6.25. The van der Waals surface area contributed by atoms with Crippen LogP contribution in [0.4, 0.5) is 11.4 Å². The summed E-state index contributed by atoms with van der Waals surface area (Å²) in [5.74, 6) is -0.646. The molecular weight excluding hydrogens is 335 g/mol. The molecule has 1 saturated heterocycles. The van der Waals surface area contributed by atoms with E-state index in [0.29, 0.717) is 22.3 Å². The summed E-state index contributed by atoms with van der Waals surface area (Å²) in [6.45, 7) is 0.354. The van der Waals surface area contributed by atoms with Crippen LogP contribution in [0.1, 0.15) is 6.42 Å². The number of nitrogens with zero attached hydrogens (tertiary/aromatic N) is 1. The minimum Gasteiger partial charge on any atom is -0.326 e. The summed E-state index contributed by atoms with van der Waals surface area (Å²) in [5.41, 5.74) is 1.37. The highest BCUT2D eigenvalue weighted by molar-refractivity contribution is 6.31. The van der Waals surface area contributed by atoms with E-state index in [2.05, 4.69) is 5.32 Å². The van der Waals surface area contributed by atoms with Gasteiger partial charge in [0, 0.05) is 34.4 Å². The van der Waals surface area contributed by atoms with Gasteiger partial charge in [0.05, 0.1) is 5.92 Å². The van der Waals surface area contributed by atoms with E-state index in [1.54, 1.807) is 53.4 Å². The number of carbonyl (C=O) groups is 2. The van der Waals surface area contributed by atoms with Gasteiger partial charge in [-0.2, -0.15) is 0 Å². The Labute approximate surface area is 144 Å². The van der Waals surface area contributed by atoms with Crippen molar-refractivity contribution in [1.29, 1.82) is 0 Å². The molecule has 0 aromatic heterocycles. The number of hydrogen-bond donors (Lipinski definition) is 1. The van der Waals surface area contributed by atoms with Crippen molar-refractivity contribution in [3.8, 4) is 0 Å². The van der Waals surface area contributed by atoms with E-state index in [0.717, 1.165) is 5.69 Å². The van der Waals surface area contributed by atoms with Crippen LogP contribution in [0.5, 0.6) is 0 Å². The van der Waals surface area contributed by atoms with Gasteiger partial charge < -0.3 is 10.2 Å². The molecule has 0 bridgehead atoms. The average molecular weight is 349 g/mol. The van der Waals surface area contributed by atoms with Gasteiger partial charge >= 0.3 is 0 Å². The number of halogens is 2. The molecule has 6 heteroatoms. The molecule has 23 heavy (non-hydrogen) atoms. The first-order valence-corrected chi connectivity index (χ1v) is 7.91. The summed E-state index contributed by atoms with van der Waals surface area (Å²) in [5, 5.41) is 3.96. The highest BCUT2D eigenvalue weighted by atomic mass is 35.5. The molecule has 1 fully saturated rings. The Morgan fingerprint density at radius 1 is 1.09 bits per heavy atom. The van der Waals surface area contributed by atoms with Gasteiger partial charge in [-0.05, 0) is 42.5 Å². The van der Waals surface area contributed by atoms with E-state index >= 15 is 0 Å². The van der Waals surface area contributed by atoms with Crippen molar-refractivity contribution in [3.63, 3.8) is 0 Å². The van der Waals surface area contributed by atoms with Gasteiger partial charge in [0.25, 0.3) is 0 Å². The zero-order valence-electron chi connectivity index (χ0n) is 12.1. The highest BCUT2D eigenvalue weighted by Crippen LogP contribution is 2.27. The van der Waals surface area contributed by atoms with Crippen LogP contribution in [0.25, 0.3) is 0 Å². The third kappa shape index (κ3) is 3.66. The quantitative estimate of drug-likeness (QED) is 0.911. The molecule has 1 aliphatic heterocycles. The summed E-state index contributed by atoms with van der Waals surface area (Å²) in [4.78, 5) is 26.1. The Kier molecular flexibility index (Phi) is 4.55. The van der Waals surface area contributed by atoms with Crippen molar-refractivity contribution in [3.05, 3.63) is 58.6 Å². The first-order valence-electron chi connectivity index (χ1n) is 7.15. The average Bonchev–Trinajstić information content (AvgIpc) is 2.90. The first kappa shape index (κ1) is 15.8. The van der Waals surface area contributed by atoms with Gasteiger partial charge in [-0.25, -0.2) is 0 Å². The summed E-state index contributed by atoms with van der Waals surface area (Å²) in [7, 11) is 0. The number of benzene rings is 2. The summed E-state index contributed by atoms with van der Waals surface area (Å²) in [6.07, 6.45) is 0.190. The maximum Gasteiger partial charge on any atom is 0.229 e. The standard InChI is InChI=1S/C17H14Cl2N2O2/c18-12-4-6-15(7-5-12)21-10-11(8-16(21)22)17(23)20-14-3-1-2-13(19)9-14/h1-7,9,11H,8,10H2,(H,20,23)/t11-/m0/s1. The van der Waals surface area contributed by atoms with Crippen molar-refractivity contribution in [2.75, 3.05) is 16.8 Å². The molecule has 0 radical (unpaired) electrons. The number of rotatable bonds is 3. The Morgan fingerprint density at radius 3 is 2.52 bits per heavy atom. The van der Waals surface area contributed by atoms with Crippen LogP contribution < -0.4 is 10.2 Å². The van der Waals surface area contributed by atoms with E-state index in [9.17, 15) is 9.59 Å². The Hall–Kier alpha value is -2.04. The van der Waals surface area contributed by atoms with Gasteiger partial charge in [0.2, 0.25) is 11.8 Å². The van der Waals surface area contributed by atoms with E-state index in [4.69, 9.17) is 23.2 Å². The maximum absolute atomic E-state index is 12.3. The third-order valence-electron chi connectivity index (χ3n) is 3.73. The molecule has 0 saturated carbocycles. The van der Waals surface area contributed by atoms with E-state index in [1.165, 1.54) is 0 Å². The van der Waals surface area contributed by atoms with Crippen LogP contribution >= 0.6 is 23.2 Å². The predicted octanol–water partition coefficient (Wildman–Crippen LogP) is 3.99. The lowest BCUT2D eigenvalue weighted by Crippen LogP contribution is -2.28. The molecule has 3 rings (SSSR count). The fraction of sp³-hybridized carbons (Fsp3) is 0.176. The SMILES string of the molecule is O=C(Nc1cccc(Cl)c1)[C@H]1CC(=O)N(c2ccc(Cl)cc2)C1. The van der Waals surface area contributed by atoms with Crippen molar-refractivity contribution in [2.45, 2.75) is 6.42 Å². The van der Waals surface area contributed by atoms with E-state index in [-0.39, 0.29) is 18.2 Å². The van der Waals surface area contributed by atoms with Gasteiger partial charge in [0.15, 0.2) is 0 Å². The van der Waals surface area contributed by atoms with E-state index < -0.39 is 5.92 Å². The lowest BCUT2D eigenvalue weighted by Gasteiger charge is -2.16. The monoisotopic (exact) mass is 348 g/mol. The Morgan fingerprint density at radius 2 is 1.83 bits per heavy atom. The molecular formula is C17H14Cl2N2O2. The molecule has 0 spiro atoms. The molecule has 4 nitrogen and oxygen atoms in total. The number of amides is 2. The van der Waals surface area contributed by atoms with Gasteiger partial charge in [-0.3, -0.25) is 9.59 Å². The second-order valence-electron chi connectivity index (χ2n) is 5.38. The van der Waals surface area contributed by atoms with Gasteiger partial charge in [-0.15, -0.1) is 0 Å². The lowest BCUT2D eigenvalue weighted by atomic mass is 10.1. The Balaban J connectivity index is 1.69. The lowest BCUT2D eigenvalue weighted by molar-refractivity contribution is -0.122. The van der Waals surface area contributed by atoms with Crippen LogP contribution in [0.15, 0.2) is 48.5 Å². The molecule has 2 aromatic carbocycles. The highest BCUT2D eigenvalue weighted by Gasteiger charge is 2.35. The van der Waals surface area contributed by atoms with Gasteiger partial charge in [-0.1, -0.05) is 29.3 Å². The first-order chi connectivity index (χ1) is 11.0. The normalized spacial score (nSPS) is 17.4. The van der Waals surface area contributed by atoms with Crippen LogP contribution in [-0.2, 0) is 9.59 Å². The summed E-state index contributed by atoms with van der Waals surface area (Å²) < 4.78 is 0. The third-order valence-corrected chi connectivity index (χ3v) is 4.21. The molecule has 2 amide bonds. The van der Waals surface area contributed by atoms with Gasteiger partial charge in [0.1, 0.15) is 0 Å². The minimum atomic E-state index is -0.392. The molecule has 0 unspecified atom stereocenters. The van der Waals surface area contributed by atoms with Crippen LogP contribution in [0, 0.1) is 5.92 Å². The van der Waals surface area contributed by atoms with Crippen LogP contribution in [-0.4, -0.2) is 18.4 Å². The van der Waals surface area contributed by atoms with Crippen LogP contribution in [0.2, 0.25) is 10.0 Å². The molecule has 0 aliphatic carbocycles. The molecule has 1 atom stereocenters. The molecule has 1 N–H and O–H groups in total. The fourth-order valence-electron chi connectivity index (χ4n) is 2.56. The maximum atomic E-state index is 12.3. The smallest absolute Gasteiger partial charge is 0.229 e. The predicted molar refractivity (Wildman–Crippen MR) is 92.0 cm³/mol. The molecule has 1 aliphatic rings. The topological polar surface area (TPSA) is 49.4 Å². The number of carbonyl (C=O) groups excluding carboxylic acids is 2. The van der Waals surface area contributed by atoms with E-state index in [1.807, 2.05) is 0 Å². The second kappa shape index (κ2) is 6.60. The molecule has 1 heterocycles. The number of hydrogen-bond acceptors (Lipinski definition) is 2. The Bertz CT molecular complexity index is 747. The number of nitrogens with one attached hydrogen (secondary N) is 1. The fourth-order valence-corrected chi connectivity index (χ4v) is 2.88. The summed E-state index contributed by atoms with van der Waals surface area (Å²) >= 11 is 11.8. The molecule has 118 valence electrons. The van der Waals surface area contributed by atoms with Crippen molar-refractivity contribution >= 4 is 46.4 Å².